The van der Waals surface area contributed by atoms with E-state index in [2.05, 4.69) is 5.32 Å². The second-order valence-corrected chi connectivity index (χ2v) is 3.56. The molecule has 0 saturated carbocycles. The van der Waals surface area contributed by atoms with Gasteiger partial charge >= 0.3 is 6.18 Å². The molecule has 6 heteroatoms. The number of hydrogen-bond donors (Lipinski definition) is 2. The highest BCUT2D eigenvalue weighted by Crippen LogP contribution is 2.18. The zero-order chi connectivity index (χ0) is 13.8. The third-order valence-electron chi connectivity index (χ3n) is 2.00. The summed E-state index contributed by atoms with van der Waals surface area (Å²) in [4.78, 5) is 0. The smallest absolute Gasteiger partial charge is 0.359 e. The average Bonchev–Trinajstić information content (AvgIpc) is 2.27. The van der Waals surface area contributed by atoms with Gasteiger partial charge in [0, 0.05) is 11.4 Å². The van der Waals surface area contributed by atoms with Gasteiger partial charge in [0.05, 0.1) is 11.6 Å². The standard InChI is InChI=1S/C12H10F3N3/c1-8(5-11(17)12(13,14)15)18-10-4-2-3-9(6-10)7-16/h2-6,17-18H,1H3/b8-5-,17-11?. The molecule has 0 aromatic heterocycles. The lowest BCUT2D eigenvalue weighted by Crippen LogP contribution is -2.20. The van der Waals surface area contributed by atoms with Gasteiger partial charge in [-0.05, 0) is 31.2 Å². The van der Waals surface area contributed by atoms with Gasteiger partial charge in [-0.25, -0.2) is 0 Å². The Labute approximate surface area is 102 Å². The minimum atomic E-state index is -4.66. The molecule has 0 fully saturated rings. The molecule has 0 aliphatic carbocycles. The van der Waals surface area contributed by atoms with Gasteiger partial charge in [-0.3, -0.25) is 5.41 Å². The second kappa shape index (κ2) is 5.36. The number of halogens is 3. The first kappa shape index (κ1) is 13.8. The highest BCUT2D eigenvalue weighted by molar-refractivity contribution is 5.97. The molecule has 0 radical (unpaired) electrons. The summed E-state index contributed by atoms with van der Waals surface area (Å²) in [5.74, 6) is 0. The first-order chi connectivity index (χ1) is 8.32. The van der Waals surface area contributed by atoms with Gasteiger partial charge < -0.3 is 5.32 Å². The third-order valence-corrected chi connectivity index (χ3v) is 2.00. The van der Waals surface area contributed by atoms with Gasteiger partial charge in [0.2, 0.25) is 0 Å². The van der Waals surface area contributed by atoms with Crippen molar-refractivity contribution < 1.29 is 13.2 Å². The molecule has 0 amide bonds. The number of benzene rings is 1. The zero-order valence-electron chi connectivity index (χ0n) is 9.47. The molecule has 0 saturated heterocycles. The molecule has 0 aliphatic heterocycles. The normalized spacial score (nSPS) is 11.8. The van der Waals surface area contributed by atoms with Crippen molar-refractivity contribution in [1.82, 2.24) is 0 Å². The highest BCUT2D eigenvalue weighted by Gasteiger charge is 2.32. The van der Waals surface area contributed by atoms with Crippen LogP contribution < -0.4 is 5.32 Å². The molecule has 0 spiro atoms. The van der Waals surface area contributed by atoms with Gasteiger partial charge in [0.15, 0.2) is 0 Å². The molecule has 1 aromatic rings. The Hall–Kier alpha value is -2.29. The summed E-state index contributed by atoms with van der Waals surface area (Å²) >= 11 is 0. The summed E-state index contributed by atoms with van der Waals surface area (Å²) in [5.41, 5.74) is -0.354. The van der Waals surface area contributed by atoms with Gasteiger partial charge in [-0.2, -0.15) is 18.4 Å². The summed E-state index contributed by atoms with van der Waals surface area (Å²) in [5, 5.41) is 18.2. The largest absolute Gasteiger partial charge is 0.432 e. The molecule has 0 unspecified atom stereocenters. The predicted molar refractivity (Wildman–Crippen MR) is 62.3 cm³/mol. The third kappa shape index (κ3) is 3.94. The highest BCUT2D eigenvalue weighted by atomic mass is 19.4. The molecule has 2 N–H and O–H groups in total. The van der Waals surface area contributed by atoms with Crippen LogP contribution >= 0.6 is 0 Å². The fourth-order valence-corrected chi connectivity index (χ4v) is 1.23. The molecular weight excluding hydrogens is 243 g/mol. The average molecular weight is 253 g/mol. The Bertz CT molecular complexity index is 524. The summed E-state index contributed by atoms with van der Waals surface area (Å²) < 4.78 is 36.4. The van der Waals surface area contributed by atoms with E-state index in [1.165, 1.54) is 13.0 Å². The molecule has 94 valence electrons. The van der Waals surface area contributed by atoms with E-state index in [4.69, 9.17) is 10.7 Å². The fourth-order valence-electron chi connectivity index (χ4n) is 1.23. The van der Waals surface area contributed by atoms with Crippen LogP contribution in [0.4, 0.5) is 18.9 Å². The van der Waals surface area contributed by atoms with Crippen LogP contribution in [0.15, 0.2) is 36.0 Å². The molecular formula is C12H10F3N3. The van der Waals surface area contributed by atoms with Gasteiger partial charge in [-0.1, -0.05) is 6.07 Å². The van der Waals surface area contributed by atoms with E-state index in [-0.39, 0.29) is 5.70 Å². The lowest BCUT2D eigenvalue weighted by atomic mass is 10.2. The summed E-state index contributed by atoms with van der Waals surface area (Å²) in [6.45, 7) is 1.42. The van der Waals surface area contributed by atoms with Crippen molar-refractivity contribution in [3.8, 4) is 6.07 Å². The molecule has 0 heterocycles. The summed E-state index contributed by atoms with van der Waals surface area (Å²) in [6, 6.07) is 8.25. The van der Waals surface area contributed by atoms with E-state index >= 15 is 0 Å². The van der Waals surface area contributed by atoms with Crippen molar-refractivity contribution in [2.75, 3.05) is 5.32 Å². The van der Waals surface area contributed by atoms with Crippen LogP contribution in [0.3, 0.4) is 0 Å². The molecule has 0 atom stereocenters. The van der Waals surface area contributed by atoms with E-state index < -0.39 is 11.9 Å². The van der Waals surface area contributed by atoms with Crippen molar-refractivity contribution in [3.63, 3.8) is 0 Å². The molecule has 18 heavy (non-hydrogen) atoms. The predicted octanol–water partition coefficient (Wildman–Crippen LogP) is 3.46. The second-order valence-electron chi connectivity index (χ2n) is 3.56. The maximum Gasteiger partial charge on any atom is 0.432 e. The number of nitrogens with zero attached hydrogens (tertiary/aromatic N) is 1. The number of rotatable bonds is 3. The Kier molecular flexibility index (Phi) is 4.10. The number of hydrogen-bond acceptors (Lipinski definition) is 3. The Morgan fingerprint density at radius 1 is 1.44 bits per heavy atom. The number of nitriles is 1. The number of allylic oxidation sites excluding steroid dienone is 2. The van der Waals surface area contributed by atoms with E-state index in [1.54, 1.807) is 18.2 Å². The van der Waals surface area contributed by atoms with Crippen LogP contribution in [0.25, 0.3) is 0 Å². The van der Waals surface area contributed by atoms with E-state index in [0.29, 0.717) is 17.3 Å². The van der Waals surface area contributed by atoms with Crippen LogP contribution in [0.1, 0.15) is 12.5 Å². The van der Waals surface area contributed by atoms with E-state index in [9.17, 15) is 13.2 Å². The Morgan fingerprint density at radius 3 is 2.67 bits per heavy atom. The molecule has 3 nitrogen and oxygen atoms in total. The lowest BCUT2D eigenvalue weighted by Gasteiger charge is -2.09. The summed E-state index contributed by atoms with van der Waals surface area (Å²) in [7, 11) is 0. The topological polar surface area (TPSA) is 59.7 Å². The van der Waals surface area contributed by atoms with Gasteiger partial charge in [-0.15, -0.1) is 0 Å². The Morgan fingerprint density at radius 2 is 2.11 bits per heavy atom. The van der Waals surface area contributed by atoms with Crippen molar-refractivity contribution >= 4 is 11.4 Å². The van der Waals surface area contributed by atoms with Crippen LogP contribution in [-0.4, -0.2) is 11.9 Å². The van der Waals surface area contributed by atoms with Crippen molar-refractivity contribution in [2.24, 2.45) is 0 Å². The maximum atomic E-state index is 12.1. The quantitative estimate of drug-likeness (QED) is 0.810. The molecule has 0 aliphatic rings. The monoisotopic (exact) mass is 253 g/mol. The van der Waals surface area contributed by atoms with Crippen LogP contribution in [-0.2, 0) is 0 Å². The fraction of sp³-hybridized carbons (Fsp3) is 0.167. The SMILES string of the molecule is C/C(=C/C(=N)C(F)(F)F)Nc1cccc(C#N)c1. The van der Waals surface area contributed by atoms with Crippen LogP contribution in [0.5, 0.6) is 0 Å². The lowest BCUT2D eigenvalue weighted by molar-refractivity contribution is -0.0584. The van der Waals surface area contributed by atoms with Crippen molar-refractivity contribution in [1.29, 1.82) is 10.7 Å². The first-order valence-corrected chi connectivity index (χ1v) is 4.94. The number of nitrogens with one attached hydrogen (secondary N) is 2. The molecule has 1 rings (SSSR count). The van der Waals surface area contributed by atoms with E-state index in [0.717, 1.165) is 0 Å². The summed E-state index contributed by atoms with van der Waals surface area (Å²) in [6.07, 6.45) is -3.96. The van der Waals surface area contributed by atoms with Gasteiger partial charge in [0.1, 0.15) is 5.71 Å². The minimum Gasteiger partial charge on any atom is -0.359 e. The maximum absolute atomic E-state index is 12.1. The molecule has 1 aromatic carbocycles. The van der Waals surface area contributed by atoms with Crippen molar-refractivity contribution in [2.45, 2.75) is 13.1 Å². The van der Waals surface area contributed by atoms with Crippen LogP contribution in [0.2, 0.25) is 0 Å². The van der Waals surface area contributed by atoms with Crippen molar-refractivity contribution in [3.05, 3.63) is 41.6 Å². The minimum absolute atomic E-state index is 0.174. The first-order valence-electron chi connectivity index (χ1n) is 4.94. The number of anilines is 1. The molecule has 0 bridgehead atoms. The van der Waals surface area contributed by atoms with E-state index in [1.807, 2.05) is 6.07 Å². The Balaban J connectivity index is 2.82. The zero-order valence-corrected chi connectivity index (χ0v) is 9.47. The van der Waals surface area contributed by atoms with Gasteiger partial charge in [0.25, 0.3) is 0 Å². The van der Waals surface area contributed by atoms with Crippen LogP contribution in [0, 0.1) is 16.7 Å². The number of alkyl halides is 3.